The second kappa shape index (κ2) is 18.9. The van der Waals surface area contributed by atoms with Crippen molar-refractivity contribution in [3.63, 3.8) is 0 Å². The molecule has 0 bridgehead atoms. The number of ether oxygens (including phenoxy) is 1. The van der Waals surface area contributed by atoms with E-state index in [0.29, 0.717) is 28.7 Å². The molecule has 0 fully saturated rings. The van der Waals surface area contributed by atoms with Crippen LogP contribution in [0.25, 0.3) is 0 Å². The van der Waals surface area contributed by atoms with Gasteiger partial charge in [-0.1, -0.05) is 72.8 Å². The molecule has 7 aromatic heterocycles. The minimum atomic E-state index is -4.45. The third-order valence-corrected chi connectivity index (χ3v) is 13.1. The van der Waals surface area contributed by atoms with Crippen molar-refractivity contribution in [3.05, 3.63) is 228 Å². The lowest BCUT2D eigenvalue weighted by Crippen LogP contribution is -2.38. The number of sulfonamides is 2. The van der Waals surface area contributed by atoms with Crippen molar-refractivity contribution in [2.24, 2.45) is 0 Å². The molecule has 0 aliphatic carbocycles. The van der Waals surface area contributed by atoms with E-state index in [1.165, 1.54) is 19.2 Å². The van der Waals surface area contributed by atoms with Crippen LogP contribution in [0.4, 0.5) is 11.6 Å². The summed E-state index contributed by atoms with van der Waals surface area (Å²) in [4.78, 5) is 32.5. The van der Waals surface area contributed by atoms with Gasteiger partial charge in [0.1, 0.15) is 11.6 Å². The lowest BCUT2D eigenvalue weighted by molar-refractivity contribution is 0.392. The maximum Gasteiger partial charge on any atom is 0.253 e. The second-order valence-corrected chi connectivity index (χ2v) is 18.5. The fraction of sp³-hybridized carbons (Fsp3) is 0.146. The fourth-order valence-corrected chi connectivity index (χ4v) is 10.5. The molecule has 0 aliphatic heterocycles. The summed E-state index contributed by atoms with van der Waals surface area (Å²) in [7, 11) is -7.14. The van der Waals surface area contributed by atoms with Crippen LogP contribution in [0.1, 0.15) is 56.9 Å². The van der Waals surface area contributed by atoms with Crippen molar-refractivity contribution < 1.29 is 21.6 Å². The highest BCUT2D eigenvalue weighted by Crippen LogP contribution is 2.43. The van der Waals surface area contributed by atoms with Crippen molar-refractivity contribution in [2.75, 3.05) is 28.3 Å². The number of rotatable bonds is 17. The number of nitrogens with zero attached hydrogens (tertiary/aromatic N) is 8. The molecule has 3 atom stereocenters. The monoisotopic (exact) mass is 889 g/mol. The van der Waals surface area contributed by atoms with Crippen LogP contribution in [0.15, 0.2) is 183 Å². The minimum Gasteiger partial charge on any atom is -0.481 e. The predicted molar refractivity (Wildman–Crippen MR) is 245 cm³/mol. The first-order valence-corrected chi connectivity index (χ1v) is 23.6. The van der Waals surface area contributed by atoms with Gasteiger partial charge >= 0.3 is 0 Å². The SMILES string of the molecule is COc1cccc(C(Cc2cccc(NS(=O)(=O)CN(c3cccc(C(c4cccnc4)C(c4ccccc4)c4cccnc4)n3)S(C)(=O)=O)n2)(c2cccnc2)c2ccccn2)n1. The van der Waals surface area contributed by atoms with Gasteiger partial charge in [-0.3, -0.25) is 24.7 Å². The summed E-state index contributed by atoms with van der Waals surface area (Å²) >= 11 is 0. The Hall–Kier alpha value is -7.43. The quantitative estimate of drug-likeness (QED) is 0.0975. The predicted octanol–water partition coefficient (Wildman–Crippen LogP) is 7.17. The molecule has 8 rings (SSSR count). The van der Waals surface area contributed by atoms with Crippen LogP contribution in [-0.4, -0.2) is 71.0 Å². The number of anilines is 2. The molecular weight excluding hydrogens is 847 g/mol. The summed E-state index contributed by atoms with van der Waals surface area (Å²) in [5, 5.41) is 0. The van der Waals surface area contributed by atoms with E-state index in [1.807, 2.05) is 97.1 Å². The van der Waals surface area contributed by atoms with Crippen molar-refractivity contribution in [2.45, 2.75) is 23.7 Å². The van der Waals surface area contributed by atoms with Crippen LogP contribution in [0, 0.1) is 0 Å². The number of methoxy groups -OCH3 is 1. The highest BCUT2D eigenvalue weighted by molar-refractivity contribution is 7.96. The molecular formula is C48H43N9O5S2. The Morgan fingerprint density at radius 2 is 1.27 bits per heavy atom. The van der Waals surface area contributed by atoms with E-state index in [1.54, 1.807) is 73.7 Å². The van der Waals surface area contributed by atoms with Gasteiger partial charge < -0.3 is 4.74 Å². The van der Waals surface area contributed by atoms with E-state index < -0.39 is 37.3 Å². The third kappa shape index (κ3) is 9.62. The highest BCUT2D eigenvalue weighted by Gasteiger charge is 2.41. The lowest BCUT2D eigenvalue weighted by atomic mass is 9.71. The van der Waals surface area contributed by atoms with Gasteiger partial charge in [0, 0.05) is 73.4 Å². The zero-order valence-electron chi connectivity index (χ0n) is 34.8. The molecule has 16 heteroatoms. The molecule has 14 nitrogen and oxygen atoms in total. The summed E-state index contributed by atoms with van der Waals surface area (Å²) in [6.07, 6.45) is 13.1. The van der Waals surface area contributed by atoms with Crippen LogP contribution < -0.4 is 13.8 Å². The molecule has 0 saturated carbocycles. The van der Waals surface area contributed by atoms with Gasteiger partial charge in [0.25, 0.3) is 10.0 Å². The molecule has 7 heterocycles. The van der Waals surface area contributed by atoms with E-state index in [4.69, 9.17) is 24.7 Å². The van der Waals surface area contributed by atoms with Crippen molar-refractivity contribution in [1.82, 2.24) is 34.9 Å². The number of pyridine rings is 7. The smallest absolute Gasteiger partial charge is 0.253 e. The van der Waals surface area contributed by atoms with Gasteiger partial charge in [-0.25, -0.2) is 36.1 Å². The standard InChI is InChI=1S/C48H43N9O5S2/c1-62-45-25-10-22-42(55-45)48(38-18-13-28-51-33-38,41-21-6-7-29-52-41)30-39-19-8-23-43(53-39)56-64(60,61)34-57(63(2,58)59)44-24-9-20-40(54-44)47(37-17-12-27-50-32-37)46(35-14-4-3-5-15-35)36-16-11-26-49-31-36/h3-29,31-33,46-47H,30,34H2,1-2H3,(H,53,56). The first-order valence-electron chi connectivity index (χ1n) is 20.1. The summed E-state index contributed by atoms with van der Waals surface area (Å²) < 4.78 is 64.3. The highest BCUT2D eigenvalue weighted by atomic mass is 32.2. The van der Waals surface area contributed by atoms with Gasteiger partial charge in [0.15, 0.2) is 5.88 Å². The second-order valence-electron chi connectivity index (χ2n) is 14.9. The maximum atomic E-state index is 14.1. The van der Waals surface area contributed by atoms with Gasteiger partial charge in [0.05, 0.1) is 35.9 Å². The van der Waals surface area contributed by atoms with Gasteiger partial charge in [-0.15, -0.1) is 0 Å². The zero-order chi connectivity index (χ0) is 44.6. The summed E-state index contributed by atoms with van der Waals surface area (Å²) in [5.41, 5.74) is 4.62. The Bertz CT molecular complexity index is 2950. The first kappa shape index (κ1) is 43.2. The number of aromatic nitrogens is 7. The Kier molecular flexibility index (Phi) is 12.8. The lowest BCUT2D eigenvalue weighted by Gasteiger charge is -2.33. The molecule has 1 N–H and O–H groups in total. The molecule has 0 spiro atoms. The fourth-order valence-electron chi connectivity index (χ4n) is 7.93. The van der Waals surface area contributed by atoms with Crippen LogP contribution in [0.2, 0.25) is 0 Å². The Labute approximate surface area is 372 Å². The van der Waals surface area contributed by atoms with Crippen molar-refractivity contribution in [1.29, 1.82) is 0 Å². The van der Waals surface area contributed by atoms with Crippen LogP contribution >= 0.6 is 0 Å². The summed E-state index contributed by atoms with van der Waals surface area (Å²) in [5.74, 6) is -1.51. The topological polar surface area (TPSA) is 183 Å². The van der Waals surface area contributed by atoms with Crippen molar-refractivity contribution >= 4 is 31.7 Å². The van der Waals surface area contributed by atoms with Crippen LogP contribution in [-0.2, 0) is 31.9 Å². The molecule has 64 heavy (non-hydrogen) atoms. The van der Waals surface area contributed by atoms with Crippen molar-refractivity contribution in [3.8, 4) is 5.88 Å². The Balaban J connectivity index is 1.14. The number of hydrogen-bond acceptors (Lipinski definition) is 12. The largest absolute Gasteiger partial charge is 0.481 e. The molecule has 3 unspecified atom stereocenters. The molecule has 1 aromatic carbocycles. The number of nitrogens with one attached hydrogen (secondary N) is 1. The molecule has 0 saturated heterocycles. The summed E-state index contributed by atoms with van der Waals surface area (Å²) in [6, 6.07) is 42.2. The number of hydrogen-bond donors (Lipinski definition) is 1. The van der Waals surface area contributed by atoms with E-state index in [2.05, 4.69) is 19.7 Å². The Morgan fingerprint density at radius 1 is 0.609 bits per heavy atom. The maximum absolute atomic E-state index is 14.1. The van der Waals surface area contributed by atoms with E-state index >= 15 is 0 Å². The van der Waals surface area contributed by atoms with E-state index in [-0.39, 0.29) is 24.0 Å². The van der Waals surface area contributed by atoms with Crippen LogP contribution in [0.3, 0.4) is 0 Å². The van der Waals surface area contributed by atoms with E-state index in [0.717, 1.165) is 32.8 Å². The Morgan fingerprint density at radius 3 is 1.92 bits per heavy atom. The minimum absolute atomic E-state index is 0.0221. The molecule has 0 radical (unpaired) electrons. The third-order valence-electron chi connectivity index (χ3n) is 10.7. The molecule has 8 aromatic rings. The average molecular weight is 890 g/mol. The van der Waals surface area contributed by atoms with Gasteiger partial charge in [-0.2, -0.15) is 0 Å². The number of benzene rings is 1. The van der Waals surface area contributed by atoms with Gasteiger partial charge in [0.2, 0.25) is 15.9 Å². The van der Waals surface area contributed by atoms with E-state index in [9.17, 15) is 16.8 Å². The molecule has 322 valence electrons. The zero-order valence-corrected chi connectivity index (χ0v) is 36.5. The molecule has 0 aliphatic rings. The summed E-state index contributed by atoms with van der Waals surface area (Å²) in [6.45, 7) is 0. The first-order chi connectivity index (χ1) is 31.0. The van der Waals surface area contributed by atoms with Gasteiger partial charge in [-0.05, 0) is 82.9 Å². The normalized spacial score (nSPS) is 13.5. The molecule has 0 amide bonds. The average Bonchev–Trinajstić information content (AvgIpc) is 3.33. The van der Waals surface area contributed by atoms with Crippen LogP contribution in [0.5, 0.6) is 5.88 Å².